The van der Waals surface area contributed by atoms with Gasteiger partial charge in [-0.15, -0.1) is 0 Å². The highest BCUT2D eigenvalue weighted by atomic mass is 35.5. The van der Waals surface area contributed by atoms with E-state index in [0.29, 0.717) is 12.6 Å². The maximum atomic E-state index is 5.96. The quantitative estimate of drug-likeness (QED) is 0.879. The van der Waals surface area contributed by atoms with E-state index in [9.17, 15) is 0 Å². The van der Waals surface area contributed by atoms with Crippen LogP contribution in [0.15, 0.2) is 18.2 Å². The Kier molecular flexibility index (Phi) is 3.69. The van der Waals surface area contributed by atoms with Gasteiger partial charge in [-0.2, -0.15) is 0 Å². The third-order valence-electron chi connectivity index (χ3n) is 3.08. The summed E-state index contributed by atoms with van der Waals surface area (Å²) in [4.78, 5) is 2.31. The first-order chi connectivity index (χ1) is 7.74. The van der Waals surface area contributed by atoms with Gasteiger partial charge in [0.05, 0.1) is 6.10 Å². The first kappa shape index (κ1) is 11.7. The molecule has 4 heteroatoms. The van der Waals surface area contributed by atoms with Gasteiger partial charge in [0.25, 0.3) is 0 Å². The van der Waals surface area contributed by atoms with Crippen molar-refractivity contribution in [2.75, 3.05) is 25.1 Å². The van der Waals surface area contributed by atoms with Crippen LogP contribution < -0.4 is 10.6 Å². The molecule has 2 N–H and O–H groups in total. The minimum Gasteiger partial charge on any atom is -0.380 e. The molecular formula is C12H17ClN2O. The molecular weight excluding hydrogens is 224 g/mol. The number of nitrogens with zero attached hydrogens (tertiary/aromatic N) is 1. The molecule has 1 fully saturated rings. The summed E-state index contributed by atoms with van der Waals surface area (Å²) in [6.45, 7) is 2.47. The molecule has 0 saturated carbocycles. The summed E-state index contributed by atoms with van der Waals surface area (Å²) in [6, 6.07) is 5.90. The molecule has 2 rings (SSSR count). The van der Waals surface area contributed by atoms with Crippen LogP contribution in [-0.4, -0.2) is 26.3 Å². The second-order valence-electron chi connectivity index (χ2n) is 4.07. The predicted octanol–water partition coefficient (Wildman–Crippen LogP) is 2.02. The van der Waals surface area contributed by atoms with Gasteiger partial charge in [-0.05, 0) is 30.2 Å². The first-order valence-corrected chi connectivity index (χ1v) is 5.88. The largest absolute Gasteiger partial charge is 0.380 e. The van der Waals surface area contributed by atoms with Crippen molar-refractivity contribution in [1.82, 2.24) is 0 Å². The minimum absolute atomic E-state index is 0.335. The number of ether oxygens (including phenoxy) is 1. The van der Waals surface area contributed by atoms with Crippen molar-refractivity contribution in [2.24, 2.45) is 5.73 Å². The fourth-order valence-corrected chi connectivity index (χ4v) is 2.36. The average Bonchev–Trinajstić information content (AvgIpc) is 2.77. The zero-order valence-corrected chi connectivity index (χ0v) is 10.2. The molecule has 0 aliphatic carbocycles. The molecule has 1 saturated heterocycles. The lowest BCUT2D eigenvalue weighted by atomic mass is 10.1. The van der Waals surface area contributed by atoms with Gasteiger partial charge in [0, 0.05) is 37.5 Å². The normalized spacial score (nSPS) is 20.4. The van der Waals surface area contributed by atoms with E-state index < -0.39 is 0 Å². The summed E-state index contributed by atoms with van der Waals surface area (Å²) in [5.41, 5.74) is 8.03. The molecule has 1 atom stereocenters. The van der Waals surface area contributed by atoms with Crippen LogP contribution in [0.1, 0.15) is 12.0 Å². The van der Waals surface area contributed by atoms with E-state index in [1.54, 1.807) is 7.11 Å². The van der Waals surface area contributed by atoms with Crippen molar-refractivity contribution in [2.45, 2.75) is 19.1 Å². The maximum Gasteiger partial charge on any atom is 0.0762 e. The summed E-state index contributed by atoms with van der Waals surface area (Å²) in [6.07, 6.45) is 1.41. The number of nitrogens with two attached hydrogens (primary N) is 1. The number of benzene rings is 1. The molecule has 0 aromatic heterocycles. The molecule has 1 aliphatic rings. The maximum absolute atomic E-state index is 5.96. The third-order valence-corrected chi connectivity index (χ3v) is 3.32. The lowest BCUT2D eigenvalue weighted by molar-refractivity contribution is 0.121. The van der Waals surface area contributed by atoms with Crippen molar-refractivity contribution in [3.63, 3.8) is 0 Å². The molecule has 3 nitrogen and oxygen atoms in total. The molecule has 1 aromatic rings. The highest BCUT2D eigenvalue weighted by Crippen LogP contribution is 2.27. The molecule has 16 heavy (non-hydrogen) atoms. The van der Waals surface area contributed by atoms with Crippen LogP contribution in [0.3, 0.4) is 0 Å². The summed E-state index contributed by atoms with van der Waals surface area (Å²) in [7, 11) is 1.76. The monoisotopic (exact) mass is 240 g/mol. The average molecular weight is 241 g/mol. The van der Waals surface area contributed by atoms with Gasteiger partial charge in [0.2, 0.25) is 0 Å². The Labute approximate surface area is 101 Å². The number of halogens is 1. The Hall–Kier alpha value is -0.770. The Morgan fingerprint density at radius 2 is 2.38 bits per heavy atom. The fourth-order valence-electron chi connectivity index (χ4n) is 2.17. The zero-order valence-electron chi connectivity index (χ0n) is 9.45. The van der Waals surface area contributed by atoms with Gasteiger partial charge in [-0.1, -0.05) is 11.6 Å². The smallest absolute Gasteiger partial charge is 0.0762 e. The summed E-state index contributed by atoms with van der Waals surface area (Å²) >= 11 is 5.96. The van der Waals surface area contributed by atoms with E-state index in [2.05, 4.69) is 4.90 Å². The van der Waals surface area contributed by atoms with Crippen molar-refractivity contribution in [3.05, 3.63) is 28.8 Å². The molecule has 0 amide bonds. The topological polar surface area (TPSA) is 38.5 Å². The Morgan fingerprint density at radius 3 is 3.00 bits per heavy atom. The van der Waals surface area contributed by atoms with Gasteiger partial charge in [-0.3, -0.25) is 0 Å². The molecule has 88 valence electrons. The van der Waals surface area contributed by atoms with Crippen LogP contribution in [0.5, 0.6) is 0 Å². The van der Waals surface area contributed by atoms with Crippen molar-refractivity contribution in [1.29, 1.82) is 0 Å². The van der Waals surface area contributed by atoms with E-state index >= 15 is 0 Å². The Morgan fingerprint density at radius 1 is 1.56 bits per heavy atom. The number of anilines is 1. The predicted molar refractivity (Wildman–Crippen MR) is 67.0 cm³/mol. The van der Waals surface area contributed by atoms with Crippen LogP contribution in [-0.2, 0) is 11.3 Å². The van der Waals surface area contributed by atoms with Gasteiger partial charge >= 0.3 is 0 Å². The van der Waals surface area contributed by atoms with Gasteiger partial charge in [0.1, 0.15) is 0 Å². The second-order valence-corrected chi connectivity index (χ2v) is 4.51. The molecule has 1 aromatic carbocycles. The van der Waals surface area contributed by atoms with Crippen molar-refractivity contribution < 1.29 is 4.74 Å². The lowest BCUT2D eigenvalue weighted by Gasteiger charge is -2.21. The van der Waals surface area contributed by atoms with E-state index in [1.165, 1.54) is 5.69 Å². The Bertz CT molecular complexity index is 370. The summed E-state index contributed by atoms with van der Waals surface area (Å²) < 4.78 is 5.36. The van der Waals surface area contributed by atoms with E-state index in [1.807, 2.05) is 18.2 Å². The molecule has 0 spiro atoms. The third kappa shape index (κ3) is 2.32. The van der Waals surface area contributed by atoms with Gasteiger partial charge in [0.15, 0.2) is 0 Å². The number of methoxy groups -OCH3 is 1. The summed E-state index contributed by atoms with van der Waals surface area (Å²) in [5, 5.41) is 0.742. The minimum atomic E-state index is 0.335. The van der Waals surface area contributed by atoms with Crippen LogP contribution in [0.25, 0.3) is 0 Å². The van der Waals surface area contributed by atoms with Crippen LogP contribution in [0.2, 0.25) is 5.02 Å². The molecule has 1 heterocycles. The molecule has 1 unspecified atom stereocenters. The second kappa shape index (κ2) is 5.04. The van der Waals surface area contributed by atoms with E-state index in [4.69, 9.17) is 22.1 Å². The zero-order chi connectivity index (χ0) is 11.5. The van der Waals surface area contributed by atoms with Crippen molar-refractivity contribution >= 4 is 17.3 Å². The number of hydrogen-bond acceptors (Lipinski definition) is 3. The first-order valence-electron chi connectivity index (χ1n) is 5.51. The van der Waals surface area contributed by atoms with Crippen LogP contribution >= 0.6 is 11.6 Å². The van der Waals surface area contributed by atoms with Crippen molar-refractivity contribution in [3.8, 4) is 0 Å². The summed E-state index contributed by atoms with van der Waals surface area (Å²) in [5.74, 6) is 0. The fraction of sp³-hybridized carbons (Fsp3) is 0.500. The van der Waals surface area contributed by atoms with E-state index in [-0.39, 0.29) is 0 Å². The number of rotatable bonds is 3. The highest BCUT2D eigenvalue weighted by molar-refractivity contribution is 6.30. The lowest BCUT2D eigenvalue weighted by Crippen LogP contribution is -2.23. The van der Waals surface area contributed by atoms with Crippen LogP contribution in [0, 0.1) is 0 Å². The van der Waals surface area contributed by atoms with Crippen LogP contribution in [0.4, 0.5) is 5.69 Å². The molecule has 0 radical (unpaired) electrons. The number of hydrogen-bond donors (Lipinski definition) is 1. The van der Waals surface area contributed by atoms with Gasteiger partial charge in [-0.25, -0.2) is 0 Å². The van der Waals surface area contributed by atoms with E-state index in [0.717, 1.165) is 30.1 Å². The van der Waals surface area contributed by atoms with Gasteiger partial charge < -0.3 is 15.4 Å². The molecule has 1 aliphatic heterocycles. The highest BCUT2D eigenvalue weighted by Gasteiger charge is 2.23. The standard InChI is InChI=1S/C12H17ClN2O/c1-16-11-4-5-15(8-11)12-3-2-10(13)6-9(12)7-14/h2-3,6,11H,4-5,7-8,14H2,1H3. The SMILES string of the molecule is COC1CCN(c2ccc(Cl)cc2CN)C1. The molecule has 0 bridgehead atoms. The Balaban J connectivity index is 2.20.